The number of amides is 1. The van der Waals surface area contributed by atoms with E-state index in [9.17, 15) is 9.90 Å². The molecule has 0 aliphatic heterocycles. The molecule has 0 bridgehead atoms. The lowest BCUT2D eigenvalue weighted by Crippen LogP contribution is -2.50. The first-order valence-corrected chi connectivity index (χ1v) is 6.97. The minimum Gasteiger partial charge on any atom is -0.394 e. The van der Waals surface area contributed by atoms with E-state index in [1.165, 1.54) is 0 Å². The fraction of sp³-hybridized carbons (Fsp3) is 0.500. The first-order chi connectivity index (χ1) is 8.48. The number of carbonyl (C=O) groups excluding carboxylic acids is 1. The average Bonchev–Trinajstić information content (AvgIpc) is 2.38. The number of hydrogen-bond donors (Lipinski definition) is 2. The van der Waals surface area contributed by atoms with Gasteiger partial charge in [-0.15, -0.1) is 0 Å². The van der Waals surface area contributed by atoms with Gasteiger partial charge in [-0.1, -0.05) is 35.8 Å². The predicted octanol–water partition coefficient (Wildman–Crippen LogP) is 3.04. The number of halogens is 1. The number of aliphatic hydroxyl groups excluding tert-OH is 1. The van der Waals surface area contributed by atoms with Gasteiger partial charge in [-0.3, -0.25) is 4.79 Å². The number of aryl methyl sites for hydroxylation is 1. The maximum Gasteiger partial charge on any atom is 0.252 e. The first-order valence-electron chi connectivity index (χ1n) is 6.17. The lowest BCUT2D eigenvalue weighted by Gasteiger charge is -2.31. The van der Waals surface area contributed by atoms with Gasteiger partial charge in [0.25, 0.3) is 5.91 Å². The van der Waals surface area contributed by atoms with Crippen LogP contribution in [0.15, 0.2) is 22.7 Å². The third kappa shape index (κ3) is 3.33. The summed E-state index contributed by atoms with van der Waals surface area (Å²) in [4.78, 5) is 12.3. The molecule has 0 saturated carbocycles. The smallest absolute Gasteiger partial charge is 0.252 e. The highest BCUT2D eigenvalue weighted by molar-refractivity contribution is 9.10. The molecule has 0 radical (unpaired) electrons. The van der Waals surface area contributed by atoms with E-state index in [1.54, 1.807) is 6.07 Å². The van der Waals surface area contributed by atoms with Crippen LogP contribution in [0, 0.1) is 6.92 Å². The molecule has 18 heavy (non-hydrogen) atoms. The molecule has 0 aliphatic carbocycles. The van der Waals surface area contributed by atoms with Crippen LogP contribution in [0.1, 0.15) is 42.6 Å². The van der Waals surface area contributed by atoms with Crippen LogP contribution in [0.2, 0.25) is 0 Å². The van der Waals surface area contributed by atoms with Gasteiger partial charge < -0.3 is 10.4 Å². The van der Waals surface area contributed by atoms with Gasteiger partial charge in [0.15, 0.2) is 0 Å². The molecule has 1 rings (SSSR count). The van der Waals surface area contributed by atoms with Gasteiger partial charge >= 0.3 is 0 Å². The molecule has 1 amide bonds. The van der Waals surface area contributed by atoms with Gasteiger partial charge in [0.05, 0.1) is 12.1 Å². The van der Waals surface area contributed by atoms with E-state index < -0.39 is 5.54 Å². The molecular formula is C14H20BrNO2. The second-order valence-corrected chi connectivity index (χ2v) is 5.47. The molecule has 0 unspecified atom stereocenters. The summed E-state index contributed by atoms with van der Waals surface area (Å²) in [6.45, 7) is 5.79. The highest BCUT2D eigenvalue weighted by Gasteiger charge is 2.28. The van der Waals surface area contributed by atoms with Gasteiger partial charge in [-0.25, -0.2) is 0 Å². The van der Waals surface area contributed by atoms with Crippen LogP contribution >= 0.6 is 15.9 Å². The summed E-state index contributed by atoms with van der Waals surface area (Å²) < 4.78 is 0.876. The Morgan fingerprint density at radius 2 is 2.00 bits per heavy atom. The molecule has 100 valence electrons. The van der Waals surface area contributed by atoms with Crippen LogP contribution < -0.4 is 5.32 Å². The second-order valence-electron chi connectivity index (χ2n) is 4.56. The van der Waals surface area contributed by atoms with E-state index in [1.807, 2.05) is 32.9 Å². The second kappa shape index (κ2) is 6.34. The first kappa shape index (κ1) is 15.2. The van der Waals surface area contributed by atoms with E-state index in [0.29, 0.717) is 18.4 Å². The molecule has 2 N–H and O–H groups in total. The average molecular weight is 314 g/mol. The normalized spacial score (nSPS) is 11.4. The molecule has 1 aromatic carbocycles. The van der Waals surface area contributed by atoms with Gasteiger partial charge in [-0.2, -0.15) is 0 Å². The van der Waals surface area contributed by atoms with Crippen LogP contribution in [-0.2, 0) is 0 Å². The van der Waals surface area contributed by atoms with Crippen LogP contribution in [0.5, 0.6) is 0 Å². The Labute approximate surface area is 117 Å². The summed E-state index contributed by atoms with van der Waals surface area (Å²) in [6.07, 6.45) is 1.41. The summed E-state index contributed by atoms with van der Waals surface area (Å²) >= 11 is 3.37. The zero-order valence-electron chi connectivity index (χ0n) is 11.1. The fourth-order valence-corrected chi connectivity index (χ4v) is 2.20. The number of aliphatic hydroxyl groups is 1. The Bertz CT molecular complexity index is 420. The molecule has 0 aromatic heterocycles. The topological polar surface area (TPSA) is 49.3 Å². The molecule has 0 atom stereocenters. The van der Waals surface area contributed by atoms with Crippen molar-refractivity contribution >= 4 is 21.8 Å². The van der Waals surface area contributed by atoms with Gasteiger partial charge in [0, 0.05) is 10.0 Å². The van der Waals surface area contributed by atoms with Gasteiger partial charge in [-0.05, 0) is 37.5 Å². The van der Waals surface area contributed by atoms with Crippen molar-refractivity contribution in [1.29, 1.82) is 0 Å². The molecule has 0 heterocycles. The molecule has 3 nitrogen and oxygen atoms in total. The molecule has 0 fully saturated rings. The Morgan fingerprint density at radius 3 is 2.50 bits per heavy atom. The summed E-state index contributed by atoms with van der Waals surface area (Å²) in [5.74, 6) is -0.133. The Hall–Kier alpha value is -0.870. The SMILES string of the molecule is CCC(CC)(CO)NC(=O)c1cc(Br)ccc1C. The van der Waals surface area contributed by atoms with E-state index in [4.69, 9.17) is 0 Å². The third-order valence-corrected chi connectivity index (χ3v) is 3.97. The van der Waals surface area contributed by atoms with Crippen molar-refractivity contribution in [1.82, 2.24) is 5.32 Å². The monoisotopic (exact) mass is 313 g/mol. The van der Waals surface area contributed by atoms with E-state index >= 15 is 0 Å². The quantitative estimate of drug-likeness (QED) is 0.877. The molecule has 4 heteroatoms. The van der Waals surface area contributed by atoms with Gasteiger partial charge in [0.2, 0.25) is 0 Å². The van der Waals surface area contributed by atoms with Crippen LogP contribution in [0.4, 0.5) is 0 Å². The Balaban J connectivity index is 2.97. The van der Waals surface area contributed by atoms with E-state index in [2.05, 4.69) is 21.2 Å². The number of hydrogen-bond acceptors (Lipinski definition) is 2. The lowest BCUT2D eigenvalue weighted by molar-refractivity contribution is 0.0817. The summed E-state index contributed by atoms with van der Waals surface area (Å²) in [7, 11) is 0. The van der Waals surface area contributed by atoms with Gasteiger partial charge in [0.1, 0.15) is 0 Å². The highest BCUT2D eigenvalue weighted by Crippen LogP contribution is 2.19. The number of carbonyl (C=O) groups is 1. The predicted molar refractivity (Wildman–Crippen MR) is 76.7 cm³/mol. The molecule has 0 aliphatic rings. The van der Waals surface area contributed by atoms with Crippen molar-refractivity contribution in [2.24, 2.45) is 0 Å². The van der Waals surface area contributed by atoms with Crippen molar-refractivity contribution in [3.8, 4) is 0 Å². The molecule has 1 aromatic rings. The minimum atomic E-state index is -0.522. The maximum absolute atomic E-state index is 12.3. The molecule has 0 saturated heterocycles. The molecular weight excluding hydrogens is 294 g/mol. The van der Waals surface area contributed by atoms with Crippen molar-refractivity contribution in [2.45, 2.75) is 39.2 Å². The third-order valence-electron chi connectivity index (χ3n) is 3.48. The molecule has 0 spiro atoms. The van der Waals surface area contributed by atoms with Crippen molar-refractivity contribution in [3.05, 3.63) is 33.8 Å². The van der Waals surface area contributed by atoms with Crippen molar-refractivity contribution in [2.75, 3.05) is 6.61 Å². The Morgan fingerprint density at radius 1 is 1.39 bits per heavy atom. The zero-order valence-corrected chi connectivity index (χ0v) is 12.7. The van der Waals surface area contributed by atoms with E-state index in [0.717, 1.165) is 10.0 Å². The van der Waals surface area contributed by atoms with E-state index in [-0.39, 0.29) is 12.5 Å². The number of benzene rings is 1. The van der Waals surface area contributed by atoms with Crippen molar-refractivity contribution < 1.29 is 9.90 Å². The lowest BCUT2D eigenvalue weighted by atomic mass is 9.93. The summed E-state index contributed by atoms with van der Waals surface area (Å²) in [6, 6.07) is 5.61. The number of nitrogens with one attached hydrogen (secondary N) is 1. The van der Waals surface area contributed by atoms with Crippen LogP contribution in [0.3, 0.4) is 0 Å². The standard InChI is InChI=1S/C14H20BrNO2/c1-4-14(5-2,9-17)16-13(18)12-8-11(15)7-6-10(12)3/h6-8,17H,4-5,9H2,1-3H3,(H,16,18). The zero-order chi connectivity index (χ0) is 13.8. The largest absolute Gasteiger partial charge is 0.394 e. The maximum atomic E-state index is 12.3. The highest BCUT2D eigenvalue weighted by atomic mass is 79.9. The minimum absolute atomic E-state index is 0.0429. The summed E-state index contributed by atoms with van der Waals surface area (Å²) in [5, 5.41) is 12.4. The summed E-state index contributed by atoms with van der Waals surface area (Å²) in [5.41, 5.74) is 1.05. The Kier molecular flexibility index (Phi) is 5.35. The number of rotatable bonds is 5. The van der Waals surface area contributed by atoms with Crippen LogP contribution in [0.25, 0.3) is 0 Å². The van der Waals surface area contributed by atoms with Crippen molar-refractivity contribution in [3.63, 3.8) is 0 Å². The van der Waals surface area contributed by atoms with Crippen LogP contribution in [-0.4, -0.2) is 23.2 Å². The fourth-order valence-electron chi connectivity index (χ4n) is 1.84.